The Kier molecular flexibility index (Phi) is 5.25. The number of hydrogen-bond acceptors (Lipinski definition) is 6. The molecule has 0 aliphatic carbocycles. The molecule has 0 spiro atoms. The van der Waals surface area contributed by atoms with Crippen LogP contribution in [0.2, 0.25) is 0 Å². The van der Waals surface area contributed by atoms with E-state index in [1.807, 2.05) is 12.1 Å². The van der Waals surface area contributed by atoms with Gasteiger partial charge in [0, 0.05) is 51.0 Å². The van der Waals surface area contributed by atoms with Gasteiger partial charge in [-0.3, -0.25) is 0 Å². The van der Waals surface area contributed by atoms with Crippen molar-refractivity contribution in [1.82, 2.24) is 15.0 Å². The van der Waals surface area contributed by atoms with E-state index >= 15 is 0 Å². The monoisotopic (exact) mass is 316 g/mol. The van der Waals surface area contributed by atoms with Crippen molar-refractivity contribution >= 4 is 5.69 Å². The van der Waals surface area contributed by atoms with E-state index in [1.165, 1.54) is 0 Å². The number of likely N-dealkylation sites (tertiary alicyclic amines) is 1. The van der Waals surface area contributed by atoms with Crippen LogP contribution in [-0.4, -0.2) is 54.4 Å². The molecule has 23 heavy (non-hydrogen) atoms. The van der Waals surface area contributed by atoms with Crippen molar-refractivity contribution in [2.24, 2.45) is 0 Å². The van der Waals surface area contributed by atoms with Crippen LogP contribution in [0.1, 0.15) is 18.7 Å². The van der Waals surface area contributed by atoms with Crippen molar-refractivity contribution in [3.63, 3.8) is 0 Å². The molecule has 2 heterocycles. The molecule has 0 bridgehead atoms. The van der Waals surface area contributed by atoms with Gasteiger partial charge in [0.1, 0.15) is 0 Å². The van der Waals surface area contributed by atoms with E-state index in [2.05, 4.69) is 32.5 Å². The Morgan fingerprint density at radius 2 is 2.17 bits per heavy atom. The van der Waals surface area contributed by atoms with Crippen molar-refractivity contribution in [3.8, 4) is 11.4 Å². The summed E-state index contributed by atoms with van der Waals surface area (Å²) < 4.78 is 10.2. The number of anilines is 1. The van der Waals surface area contributed by atoms with Gasteiger partial charge in [0.05, 0.1) is 6.61 Å². The normalized spacial score (nSPS) is 16.6. The van der Waals surface area contributed by atoms with E-state index in [0.29, 0.717) is 17.8 Å². The lowest BCUT2D eigenvalue weighted by Gasteiger charge is -2.32. The van der Waals surface area contributed by atoms with Crippen LogP contribution in [0.4, 0.5) is 5.69 Å². The first-order chi connectivity index (χ1) is 11.2. The van der Waals surface area contributed by atoms with Crippen LogP contribution in [0.3, 0.4) is 0 Å². The molecule has 3 rings (SSSR count). The molecule has 0 radical (unpaired) electrons. The second-order valence-electron chi connectivity index (χ2n) is 5.97. The molecule has 1 fully saturated rings. The minimum absolute atomic E-state index is 0.510. The van der Waals surface area contributed by atoms with Crippen molar-refractivity contribution in [1.29, 1.82) is 0 Å². The molecular weight excluding hydrogens is 292 g/mol. The summed E-state index contributed by atoms with van der Waals surface area (Å²) in [5.41, 5.74) is 2.09. The Bertz CT molecular complexity index is 621. The Labute approximate surface area is 136 Å². The van der Waals surface area contributed by atoms with Crippen molar-refractivity contribution in [2.45, 2.75) is 25.8 Å². The van der Waals surface area contributed by atoms with Gasteiger partial charge in [0.25, 0.3) is 0 Å². The SMILES string of the molecule is COCCN1CCC(Nc2cccc(-c3noc(C)n3)c2)CC1. The molecular formula is C17H24N4O2. The number of nitrogens with zero attached hydrogens (tertiary/aromatic N) is 3. The lowest BCUT2D eigenvalue weighted by atomic mass is 10.0. The standard InChI is InChI=1S/C17H24N4O2/c1-13-18-17(20-23-13)14-4-3-5-16(12-14)19-15-6-8-21(9-7-15)10-11-22-2/h3-5,12,15,19H,6-11H2,1-2H3. The van der Waals surface area contributed by atoms with Crippen molar-refractivity contribution < 1.29 is 9.26 Å². The molecule has 124 valence electrons. The van der Waals surface area contributed by atoms with Gasteiger partial charge in [0.15, 0.2) is 0 Å². The lowest BCUT2D eigenvalue weighted by molar-refractivity contribution is 0.132. The summed E-state index contributed by atoms with van der Waals surface area (Å²) in [6.07, 6.45) is 2.30. The third-order valence-corrected chi connectivity index (χ3v) is 4.22. The first-order valence-electron chi connectivity index (χ1n) is 8.13. The van der Waals surface area contributed by atoms with Crippen molar-refractivity contribution in [2.75, 3.05) is 38.7 Å². The van der Waals surface area contributed by atoms with Gasteiger partial charge in [-0.2, -0.15) is 4.98 Å². The zero-order valence-electron chi connectivity index (χ0n) is 13.8. The number of nitrogens with one attached hydrogen (secondary N) is 1. The number of benzene rings is 1. The first kappa shape index (κ1) is 16.0. The summed E-state index contributed by atoms with van der Waals surface area (Å²) in [5, 5.41) is 7.61. The van der Waals surface area contributed by atoms with E-state index in [0.717, 1.165) is 50.3 Å². The van der Waals surface area contributed by atoms with Crippen LogP contribution in [0.15, 0.2) is 28.8 Å². The number of aromatic nitrogens is 2. The first-order valence-corrected chi connectivity index (χ1v) is 8.13. The molecule has 0 amide bonds. The predicted octanol–water partition coefficient (Wildman–Crippen LogP) is 2.57. The Balaban J connectivity index is 1.57. The fraction of sp³-hybridized carbons (Fsp3) is 0.529. The highest BCUT2D eigenvalue weighted by atomic mass is 16.5. The van der Waals surface area contributed by atoms with Gasteiger partial charge in [-0.15, -0.1) is 0 Å². The summed E-state index contributed by atoms with van der Waals surface area (Å²) in [7, 11) is 1.76. The maximum atomic E-state index is 5.15. The molecule has 6 heteroatoms. The lowest BCUT2D eigenvalue weighted by Crippen LogP contribution is -2.40. The second-order valence-corrected chi connectivity index (χ2v) is 5.97. The van der Waals surface area contributed by atoms with Crippen LogP contribution in [0.5, 0.6) is 0 Å². The molecule has 1 aliphatic rings. The van der Waals surface area contributed by atoms with Gasteiger partial charge < -0.3 is 19.5 Å². The summed E-state index contributed by atoms with van der Waals surface area (Å²) >= 11 is 0. The fourth-order valence-corrected chi connectivity index (χ4v) is 2.92. The van der Waals surface area contributed by atoms with Gasteiger partial charge >= 0.3 is 0 Å². The molecule has 2 aromatic rings. The molecule has 1 N–H and O–H groups in total. The Morgan fingerprint density at radius 1 is 1.35 bits per heavy atom. The van der Waals surface area contributed by atoms with Crippen LogP contribution >= 0.6 is 0 Å². The molecule has 0 saturated carbocycles. The smallest absolute Gasteiger partial charge is 0.223 e. The van der Waals surface area contributed by atoms with Crippen molar-refractivity contribution in [3.05, 3.63) is 30.2 Å². The minimum atomic E-state index is 0.510. The average Bonchev–Trinajstić information content (AvgIpc) is 3.01. The highest BCUT2D eigenvalue weighted by molar-refractivity contribution is 5.62. The van der Waals surface area contributed by atoms with Crippen LogP contribution in [0, 0.1) is 6.92 Å². The summed E-state index contributed by atoms with van der Waals surface area (Å²) in [4.78, 5) is 6.74. The number of methoxy groups -OCH3 is 1. The Morgan fingerprint density at radius 3 is 2.87 bits per heavy atom. The number of piperidine rings is 1. The maximum absolute atomic E-state index is 5.15. The van der Waals surface area contributed by atoms with E-state index in [9.17, 15) is 0 Å². The molecule has 0 unspecified atom stereocenters. The van der Waals surface area contributed by atoms with Gasteiger partial charge in [-0.25, -0.2) is 0 Å². The zero-order chi connectivity index (χ0) is 16.1. The quantitative estimate of drug-likeness (QED) is 0.884. The predicted molar refractivity (Wildman–Crippen MR) is 89.4 cm³/mol. The summed E-state index contributed by atoms with van der Waals surface area (Å²) in [5.74, 6) is 1.22. The van der Waals surface area contributed by atoms with Crippen LogP contribution < -0.4 is 5.32 Å². The van der Waals surface area contributed by atoms with Gasteiger partial charge in [-0.1, -0.05) is 17.3 Å². The van der Waals surface area contributed by atoms with Crippen LogP contribution in [-0.2, 0) is 4.74 Å². The number of rotatable bonds is 6. The van der Waals surface area contributed by atoms with Crippen LogP contribution in [0.25, 0.3) is 11.4 Å². The highest BCUT2D eigenvalue weighted by Gasteiger charge is 2.18. The maximum Gasteiger partial charge on any atom is 0.223 e. The second kappa shape index (κ2) is 7.57. The largest absolute Gasteiger partial charge is 0.383 e. The van der Waals surface area contributed by atoms with E-state index in [1.54, 1.807) is 14.0 Å². The van der Waals surface area contributed by atoms with E-state index in [4.69, 9.17) is 9.26 Å². The highest BCUT2D eigenvalue weighted by Crippen LogP contribution is 2.22. The third-order valence-electron chi connectivity index (χ3n) is 4.22. The molecule has 1 saturated heterocycles. The molecule has 0 atom stereocenters. The zero-order valence-corrected chi connectivity index (χ0v) is 13.8. The molecule has 1 aromatic heterocycles. The van der Waals surface area contributed by atoms with Gasteiger partial charge in [-0.05, 0) is 25.0 Å². The van der Waals surface area contributed by atoms with E-state index < -0.39 is 0 Å². The van der Waals surface area contributed by atoms with E-state index in [-0.39, 0.29) is 0 Å². The fourth-order valence-electron chi connectivity index (χ4n) is 2.92. The average molecular weight is 316 g/mol. The molecule has 1 aromatic carbocycles. The third kappa shape index (κ3) is 4.30. The number of ether oxygens (including phenoxy) is 1. The van der Waals surface area contributed by atoms with Gasteiger partial charge in [0.2, 0.25) is 11.7 Å². The Hall–Kier alpha value is -1.92. The molecule has 1 aliphatic heterocycles. The summed E-state index contributed by atoms with van der Waals surface area (Å²) in [6.45, 7) is 5.87. The topological polar surface area (TPSA) is 63.4 Å². The number of hydrogen-bond donors (Lipinski definition) is 1. The molecule has 6 nitrogen and oxygen atoms in total. The minimum Gasteiger partial charge on any atom is -0.383 e. The summed E-state index contributed by atoms with van der Waals surface area (Å²) in [6, 6.07) is 8.71. The number of aryl methyl sites for hydroxylation is 1.